The molecule has 0 spiro atoms. The molecule has 0 saturated carbocycles. The lowest BCUT2D eigenvalue weighted by Crippen LogP contribution is -2.42. The Morgan fingerprint density at radius 3 is 2.50 bits per heavy atom. The van der Waals surface area contributed by atoms with E-state index in [-0.39, 0.29) is 0 Å². The highest BCUT2D eigenvalue weighted by Gasteiger charge is 2.18. The lowest BCUT2D eigenvalue weighted by atomic mass is 9.96. The molecule has 0 bridgehead atoms. The molecule has 2 fully saturated rings. The van der Waals surface area contributed by atoms with Crippen LogP contribution in [0.3, 0.4) is 0 Å². The minimum Gasteiger partial charge on any atom is -0.381 e. The number of ether oxygens (including phenoxy) is 2. The summed E-state index contributed by atoms with van der Waals surface area (Å²) in [6.07, 6.45) is 4.81. The van der Waals surface area contributed by atoms with E-state index in [2.05, 4.69) is 22.3 Å². The topological polar surface area (TPSA) is 46.1 Å². The summed E-state index contributed by atoms with van der Waals surface area (Å²) in [7, 11) is 3.98. The standard InChI is InChI=1S/C15H29N3O2/c1-16-15(17-11-14-6-10-20-12-14)18(2)7-3-13-4-8-19-9-5-13/h13-14H,3-12H2,1-2H3,(H,16,17). The van der Waals surface area contributed by atoms with Crippen molar-refractivity contribution in [3.05, 3.63) is 0 Å². The van der Waals surface area contributed by atoms with Crippen molar-refractivity contribution in [1.82, 2.24) is 10.2 Å². The molecule has 5 nitrogen and oxygen atoms in total. The van der Waals surface area contributed by atoms with Gasteiger partial charge in [0.15, 0.2) is 5.96 Å². The first-order chi connectivity index (χ1) is 9.79. The normalized spacial score (nSPS) is 24.9. The zero-order chi connectivity index (χ0) is 14.2. The maximum Gasteiger partial charge on any atom is 0.193 e. The lowest BCUT2D eigenvalue weighted by Gasteiger charge is -2.27. The fourth-order valence-electron chi connectivity index (χ4n) is 2.88. The molecule has 0 aromatic rings. The molecule has 2 rings (SSSR count). The van der Waals surface area contributed by atoms with Crippen molar-refractivity contribution in [2.45, 2.75) is 25.7 Å². The SMILES string of the molecule is CN=C(NCC1CCOC1)N(C)CCC1CCOCC1. The first kappa shape index (κ1) is 15.6. The molecule has 1 unspecified atom stereocenters. The summed E-state index contributed by atoms with van der Waals surface area (Å²) in [6.45, 7) is 5.69. The number of hydrogen-bond donors (Lipinski definition) is 1. The molecule has 2 aliphatic rings. The third-order valence-corrected chi connectivity index (χ3v) is 4.36. The monoisotopic (exact) mass is 283 g/mol. The van der Waals surface area contributed by atoms with E-state index < -0.39 is 0 Å². The highest BCUT2D eigenvalue weighted by atomic mass is 16.5. The molecule has 0 amide bonds. The van der Waals surface area contributed by atoms with E-state index in [1.165, 1.54) is 19.3 Å². The summed E-state index contributed by atoms with van der Waals surface area (Å²) in [5, 5.41) is 3.47. The van der Waals surface area contributed by atoms with Crippen molar-refractivity contribution in [2.75, 3.05) is 53.6 Å². The number of hydrogen-bond acceptors (Lipinski definition) is 3. The number of aliphatic imine (C=N–C) groups is 1. The van der Waals surface area contributed by atoms with E-state index in [1.54, 1.807) is 0 Å². The van der Waals surface area contributed by atoms with Crippen LogP contribution in [0.4, 0.5) is 0 Å². The predicted molar refractivity (Wildman–Crippen MR) is 81.1 cm³/mol. The Bertz CT molecular complexity index is 297. The molecular formula is C15H29N3O2. The van der Waals surface area contributed by atoms with Gasteiger partial charge in [-0.05, 0) is 31.6 Å². The van der Waals surface area contributed by atoms with Gasteiger partial charge in [0.25, 0.3) is 0 Å². The summed E-state index contributed by atoms with van der Waals surface area (Å²) >= 11 is 0. The van der Waals surface area contributed by atoms with Gasteiger partial charge in [0.05, 0.1) is 6.61 Å². The Hall–Kier alpha value is -0.810. The van der Waals surface area contributed by atoms with E-state index in [0.29, 0.717) is 5.92 Å². The molecule has 20 heavy (non-hydrogen) atoms. The van der Waals surface area contributed by atoms with Crippen molar-refractivity contribution in [3.63, 3.8) is 0 Å². The lowest BCUT2D eigenvalue weighted by molar-refractivity contribution is 0.0625. The van der Waals surface area contributed by atoms with Crippen LogP contribution in [0.5, 0.6) is 0 Å². The maximum absolute atomic E-state index is 5.41. The zero-order valence-electron chi connectivity index (χ0n) is 12.9. The van der Waals surface area contributed by atoms with Gasteiger partial charge >= 0.3 is 0 Å². The van der Waals surface area contributed by atoms with Crippen LogP contribution in [0.2, 0.25) is 0 Å². The molecule has 5 heteroatoms. The Balaban J connectivity index is 1.66. The minimum atomic E-state index is 0.635. The average molecular weight is 283 g/mol. The van der Waals surface area contributed by atoms with E-state index >= 15 is 0 Å². The van der Waals surface area contributed by atoms with Crippen LogP contribution in [-0.2, 0) is 9.47 Å². The average Bonchev–Trinajstić information content (AvgIpc) is 3.00. The second kappa shape index (κ2) is 8.47. The Morgan fingerprint density at radius 1 is 1.15 bits per heavy atom. The predicted octanol–water partition coefficient (Wildman–Crippen LogP) is 1.35. The molecule has 0 aromatic heterocycles. The molecule has 2 aliphatic heterocycles. The Labute approximate surface area is 122 Å². The summed E-state index contributed by atoms with van der Waals surface area (Å²) < 4.78 is 10.8. The maximum atomic E-state index is 5.41. The summed E-state index contributed by atoms with van der Waals surface area (Å²) in [6, 6.07) is 0. The van der Waals surface area contributed by atoms with Gasteiger partial charge in [-0.3, -0.25) is 4.99 Å². The molecule has 1 atom stereocenters. The van der Waals surface area contributed by atoms with E-state index in [1.807, 2.05) is 7.05 Å². The molecule has 2 heterocycles. The first-order valence-corrected chi connectivity index (χ1v) is 7.87. The molecule has 0 aromatic carbocycles. The molecule has 0 radical (unpaired) electrons. The van der Waals surface area contributed by atoms with Gasteiger partial charge < -0.3 is 19.7 Å². The van der Waals surface area contributed by atoms with Gasteiger partial charge in [-0.2, -0.15) is 0 Å². The highest BCUT2D eigenvalue weighted by Crippen LogP contribution is 2.18. The molecule has 1 N–H and O–H groups in total. The molecule has 116 valence electrons. The minimum absolute atomic E-state index is 0.635. The van der Waals surface area contributed by atoms with E-state index in [9.17, 15) is 0 Å². The fraction of sp³-hybridized carbons (Fsp3) is 0.933. The largest absolute Gasteiger partial charge is 0.381 e. The van der Waals surface area contributed by atoms with Crippen LogP contribution in [0.1, 0.15) is 25.7 Å². The first-order valence-electron chi connectivity index (χ1n) is 7.87. The summed E-state index contributed by atoms with van der Waals surface area (Å²) in [5.74, 6) is 2.45. The smallest absolute Gasteiger partial charge is 0.193 e. The Morgan fingerprint density at radius 2 is 1.85 bits per heavy atom. The molecular weight excluding hydrogens is 254 g/mol. The van der Waals surface area contributed by atoms with Gasteiger partial charge in [-0.1, -0.05) is 0 Å². The van der Waals surface area contributed by atoms with Crippen LogP contribution in [0, 0.1) is 11.8 Å². The summed E-state index contributed by atoms with van der Waals surface area (Å²) in [4.78, 5) is 6.62. The molecule has 0 aliphatic carbocycles. The summed E-state index contributed by atoms with van der Waals surface area (Å²) in [5.41, 5.74) is 0. The van der Waals surface area contributed by atoms with Gasteiger partial charge in [0.1, 0.15) is 0 Å². The quantitative estimate of drug-likeness (QED) is 0.611. The number of rotatable bonds is 5. The van der Waals surface area contributed by atoms with Crippen molar-refractivity contribution >= 4 is 5.96 Å². The third kappa shape index (κ3) is 4.94. The van der Waals surface area contributed by atoms with Crippen molar-refractivity contribution in [2.24, 2.45) is 16.8 Å². The van der Waals surface area contributed by atoms with Gasteiger partial charge in [-0.15, -0.1) is 0 Å². The van der Waals surface area contributed by atoms with Crippen molar-refractivity contribution in [1.29, 1.82) is 0 Å². The second-order valence-electron chi connectivity index (χ2n) is 5.92. The van der Waals surface area contributed by atoms with Gasteiger partial charge in [0, 0.05) is 52.9 Å². The zero-order valence-corrected chi connectivity index (χ0v) is 12.9. The van der Waals surface area contributed by atoms with Crippen molar-refractivity contribution < 1.29 is 9.47 Å². The van der Waals surface area contributed by atoms with Crippen LogP contribution in [-0.4, -0.2) is 64.5 Å². The van der Waals surface area contributed by atoms with Crippen LogP contribution >= 0.6 is 0 Å². The Kier molecular flexibility index (Phi) is 6.60. The third-order valence-electron chi connectivity index (χ3n) is 4.36. The van der Waals surface area contributed by atoms with Crippen LogP contribution < -0.4 is 5.32 Å². The fourth-order valence-corrected chi connectivity index (χ4v) is 2.88. The van der Waals surface area contributed by atoms with Gasteiger partial charge in [0.2, 0.25) is 0 Å². The van der Waals surface area contributed by atoms with E-state index in [4.69, 9.17) is 9.47 Å². The second-order valence-corrected chi connectivity index (χ2v) is 5.92. The number of nitrogens with zero attached hydrogens (tertiary/aromatic N) is 2. The molecule has 2 saturated heterocycles. The van der Waals surface area contributed by atoms with Crippen molar-refractivity contribution in [3.8, 4) is 0 Å². The van der Waals surface area contributed by atoms with E-state index in [0.717, 1.165) is 57.8 Å². The van der Waals surface area contributed by atoms with Crippen LogP contribution in [0.15, 0.2) is 4.99 Å². The van der Waals surface area contributed by atoms with Gasteiger partial charge in [-0.25, -0.2) is 0 Å². The van der Waals surface area contributed by atoms with Crippen LogP contribution in [0.25, 0.3) is 0 Å². The highest BCUT2D eigenvalue weighted by molar-refractivity contribution is 5.79. The number of guanidine groups is 1. The number of nitrogens with one attached hydrogen (secondary N) is 1.